The summed E-state index contributed by atoms with van der Waals surface area (Å²) < 4.78 is 6.37. The van der Waals surface area contributed by atoms with Crippen LogP contribution in [0.1, 0.15) is 15.9 Å². The first kappa shape index (κ1) is 12.6. The van der Waals surface area contributed by atoms with Crippen molar-refractivity contribution in [2.45, 2.75) is 6.92 Å². The molecule has 4 nitrogen and oxygen atoms in total. The van der Waals surface area contributed by atoms with Crippen LogP contribution in [0.2, 0.25) is 0 Å². The van der Waals surface area contributed by atoms with Crippen molar-refractivity contribution in [3.05, 3.63) is 52.1 Å². The minimum Gasteiger partial charge on any atom is -0.478 e. The van der Waals surface area contributed by atoms with Gasteiger partial charge in [-0.15, -0.1) is 0 Å². The summed E-state index contributed by atoms with van der Waals surface area (Å²) in [7, 11) is 0. The van der Waals surface area contributed by atoms with E-state index >= 15 is 0 Å². The second kappa shape index (κ2) is 5.18. The van der Waals surface area contributed by atoms with Crippen molar-refractivity contribution >= 4 is 21.9 Å². The van der Waals surface area contributed by atoms with Crippen LogP contribution in [-0.4, -0.2) is 16.1 Å². The van der Waals surface area contributed by atoms with E-state index in [-0.39, 0.29) is 5.56 Å². The third-order valence-corrected chi connectivity index (χ3v) is 2.96. The molecule has 0 fully saturated rings. The van der Waals surface area contributed by atoms with Crippen molar-refractivity contribution in [1.82, 2.24) is 4.98 Å². The molecular weight excluding hydrogens is 298 g/mol. The zero-order valence-electron chi connectivity index (χ0n) is 9.55. The number of carboxylic acids is 1. The molecule has 0 atom stereocenters. The van der Waals surface area contributed by atoms with Gasteiger partial charge in [0.15, 0.2) is 0 Å². The van der Waals surface area contributed by atoms with Gasteiger partial charge in [-0.2, -0.15) is 0 Å². The van der Waals surface area contributed by atoms with Crippen LogP contribution in [0, 0.1) is 6.92 Å². The Kier molecular flexibility index (Phi) is 3.62. The highest BCUT2D eigenvalue weighted by Gasteiger charge is 2.09. The number of hydrogen-bond donors (Lipinski definition) is 1. The standard InChI is InChI=1S/C13H10BrNO3/c1-8-7-9(13(16)17)4-5-11(8)18-12-10(14)3-2-6-15-12/h2-7H,1H3,(H,16,17). The Morgan fingerprint density at radius 3 is 2.78 bits per heavy atom. The second-order valence-corrected chi connectivity index (χ2v) is 4.53. The van der Waals surface area contributed by atoms with Crippen molar-refractivity contribution in [3.8, 4) is 11.6 Å². The Bertz CT molecular complexity index is 599. The van der Waals surface area contributed by atoms with Crippen LogP contribution in [0.25, 0.3) is 0 Å². The van der Waals surface area contributed by atoms with Crippen molar-refractivity contribution in [2.75, 3.05) is 0 Å². The fraction of sp³-hybridized carbons (Fsp3) is 0.0769. The van der Waals surface area contributed by atoms with E-state index in [2.05, 4.69) is 20.9 Å². The first-order valence-corrected chi connectivity index (χ1v) is 5.99. The van der Waals surface area contributed by atoms with Crippen LogP contribution in [0.5, 0.6) is 11.6 Å². The van der Waals surface area contributed by atoms with E-state index in [4.69, 9.17) is 9.84 Å². The van der Waals surface area contributed by atoms with Gasteiger partial charge in [-0.05, 0) is 58.7 Å². The summed E-state index contributed by atoms with van der Waals surface area (Å²) in [6.07, 6.45) is 1.63. The number of benzene rings is 1. The van der Waals surface area contributed by atoms with Gasteiger partial charge in [0, 0.05) is 6.20 Å². The average Bonchev–Trinajstić information content (AvgIpc) is 2.34. The number of aromatic carboxylic acids is 1. The molecule has 1 aromatic carbocycles. The number of pyridine rings is 1. The maximum Gasteiger partial charge on any atom is 0.335 e. The van der Waals surface area contributed by atoms with Crippen molar-refractivity contribution in [3.63, 3.8) is 0 Å². The Labute approximate surface area is 112 Å². The van der Waals surface area contributed by atoms with Gasteiger partial charge in [-0.25, -0.2) is 9.78 Å². The van der Waals surface area contributed by atoms with Crippen LogP contribution < -0.4 is 4.74 Å². The third kappa shape index (κ3) is 2.68. The minimum atomic E-state index is -0.955. The number of rotatable bonds is 3. The molecule has 0 spiro atoms. The Balaban J connectivity index is 2.30. The molecule has 1 heterocycles. The highest BCUT2D eigenvalue weighted by atomic mass is 79.9. The summed E-state index contributed by atoms with van der Waals surface area (Å²) in [6.45, 7) is 1.79. The number of nitrogens with zero attached hydrogens (tertiary/aromatic N) is 1. The molecule has 1 aromatic heterocycles. The number of halogens is 1. The molecule has 0 unspecified atom stereocenters. The normalized spacial score (nSPS) is 10.1. The lowest BCUT2D eigenvalue weighted by Crippen LogP contribution is -1.98. The van der Waals surface area contributed by atoms with E-state index in [0.717, 1.165) is 10.0 Å². The lowest BCUT2D eigenvalue weighted by Gasteiger charge is -2.09. The monoisotopic (exact) mass is 307 g/mol. The zero-order valence-corrected chi connectivity index (χ0v) is 11.1. The highest BCUT2D eigenvalue weighted by molar-refractivity contribution is 9.10. The topological polar surface area (TPSA) is 59.4 Å². The molecular formula is C13H10BrNO3. The molecule has 0 radical (unpaired) electrons. The van der Waals surface area contributed by atoms with Gasteiger partial charge in [0.2, 0.25) is 5.88 Å². The lowest BCUT2D eigenvalue weighted by molar-refractivity contribution is 0.0697. The summed E-state index contributed by atoms with van der Waals surface area (Å²) >= 11 is 3.33. The van der Waals surface area contributed by atoms with Crippen LogP contribution in [0.3, 0.4) is 0 Å². The quantitative estimate of drug-likeness (QED) is 0.940. The third-order valence-electron chi connectivity index (χ3n) is 2.35. The van der Waals surface area contributed by atoms with Crippen LogP contribution in [0.15, 0.2) is 41.0 Å². The molecule has 0 aliphatic heterocycles. The molecule has 0 aliphatic carbocycles. The molecule has 0 amide bonds. The lowest BCUT2D eigenvalue weighted by atomic mass is 10.1. The molecule has 5 heteroatoms. The largest absolute Gasteiger partial charge is 0.478 e. The summed E-state index contributed by atoms with van der Waals surface area (Å²) in [5.74, 6) is 0.0757. The van der Waals surface area contributed by atoms with Gasteiger partial charge in [-0.3, -0.25) is 0 Å². The van der Waals surface area contributed by atoms with E-state index in [0.29, 0.717) is 11.6 Å². The number of carboxylic acid groups (broad SMARTS) is 1. The van der Waals surface area contributed by atoms with Gasteiger partial charge >= 0.3 is 5.97 Å². The van der Waals surface area contributed by atoms with Gasteiger partial charge < -0.3 is 9.84 Å². The van der Waals surface area contributed by atoms with E-state index < -0.39 is 5.97 Å². The van der Waals surface area contributed by atoms with Crippen molar-refractivity contribution < 1.29 is 14.6 Å². The number of aromatic nitrogens is 1. The Morgan fingerprint density at radius 2 is 2.17 bits per heavy atom. The first-order valence-electron chi connectivity index (χ1n) is 5.20. The summed E-state index contributed by atoms with van der Waals surface area (Å²) in [5, 5.41) is 8.87. The molecule has 0 bridgehead atoms. The van der Waals surface area contributed by atoms with Gasteiger partial charge in [-0.1, -0.05) is 0 Å². The van der Waals surface area contributed by atoms with E-state index in [9.17, 15) is 4.79 Å². The summed E-state index contributed by atoms with van der Waals surface area (Å²) in [5.41, 5.74) is 0.979. The Morgan fingerprint density at radius 1 is 1.39 bits per heavy atom. The van der Waals surface area contributed by atoms with Crippen molar-refractivity contribution in [1.29, 1.82) is 0 Å². The number of hydrogen-bond acceptors (Lipinski definition) is 3. The number of carbonyl (C=O) groups is 1. The van der Waals surface area contributed by atoms with Crippen LogP contribution in [-0.2, 0) is 0 Å². The predicted molar refractivity (Wildman–Crippen MR) is 70.1 cm³/mol. The maximum atomic E-state index is 10.8. The van der Waals surface area contributed by atoms with Gasteiger partial charge in [0.25, 0.3) is 0 Å². The van der Waals surface area contributed by atoms with E-state index in [1.165, 1.54) is 6.07 Å². The highest BCUT2D eigenvalue weighted by Crippen LogP contribution is 2.29. The fourth-order valence-electron chi connectivity index (χ4n) is 1.45. The molecule has 2 rings (SSSR count). The first-order chi connectivity index (χ1) is 8.58. The molecule has 0 saturated heterocycles. The van der Waals surface area contributed by atoms with Crippen LogP contribution >= 0.6 is 15.9 Å². The molecule has 0 saturated carbocycles. The van der Waals surface area contributed by atoms with E-state index in [1.54, 1.807) is 31.3 Å². The molecule has 0 aliphatic rings. The summed E-state index contributed by atoms with van der Waals surface area (Å²) in [4.78, 5) is 14.9. The summed E-state index contributed by atoms with van der Waals surface area (Å²) in [6, 6.07) is 8.30. The van der Waals surface area contributed by atoms with Crippen LogP contribution in [0.4, 0.5) is 0 Å². The Hall–Kier alpha value is -1.88. The zero-order chi connectivity index (χ0) is 13.1. The minimum absolute atomic E-state index is 0.236. The number of aryl methyl sites for hydroxylation is 1. The smallest absolute Gasteiger partial charge is 0.335 e. The molecule has 2 aromatic rings. The molecule has 18 heavy (non-hydrogen) atoms. The SMILES string of the molecule is Cc1cc(C(=O)O)ccc1Oc1ncccc1Br. The van der Waals surface area contributed by atoms with E-state index in [1.807, 2.05) is 6.07 Å². The van der Waals surface area contributed by atoms with Crippen molar-refractivity contribution in [2.24, 2.45) is 0 Å². The second-order valence-electron chi connectivity index (χ2n) is 3.68. The number of ether oxygens (including phenoxy) is 1. The van der Waals surface area contributed by atoms with Gasteiger partial charge in [0.05, 0.1) is 10.0 Å². The predicted octanol–water partition coefficient (Wildman–Crippen LogP) is 3.64. The molecule has 1 N–H and O–H groups in total. The fourth-order valence-corrected chi connectivity index (χ4v) is 1.78. The van der Waals surface area contributed by atoms with Gasteiger partial charge in [0.1, 0.15) is 5.75 Å². The molecule has 92 valence electrons. The maximum absolute atomic E-state index is 10.8. The average molecular weight is 308 g/mol.